The zero-order valence-electron chi connectivity index (χ0n) is 23.4. The fourth-order valence-corrected chi connectivity index (χ4v) is 4.29. The molecule has 1 aromatic rings. The van der Waals surface area contributed by atoms with Gasteiger partial charge in [0.15, 0.2) is 23.3 Å². The molecule has 0 heterocycles. The smallest absolute Gasteiger partial charge is 0.306 e. The van der Waals surface area contributed by atoms with Crippen LogP contribution in [0.5, 0.6) is 0 Å². The molecular formula is C30H45F5O4. The van der Waals surface area contributed by atoms with Gasteiger partial charge in [0.25, 0.3) is 0 Å². The number of rotatable bonds is 23. The molecule has 0 saturated heterocycles. The minimum atomic E-state index is -2.28. The highest BCUT2D eigenvalue weighted by Gasteiger charge is 2.26. The first kappa shape index (κ1) is 34.8. The van der Waals surface area contributed by atoms with Gasteiger partial charge in [-0.05, 0) is 12.8 Å². The number of unbranched alkanes of at least 4 members (excludes halogenated alkanes) is 15. The Hall–Kier alpha value is -2.19. The summed E-state index contributed by atoms with van der Waals surface area (Å²) in [4.78, 5) is 23.5. The second kappa shape index (κ2) is 21.6. The van der Waals surface area contributed by atoms with Crippen molar-refractivity contribution < 1.29 is 41.0 Å². The molecular weight excluding hydrogens is 519 g/mol. The average molecular weight is 565 g/mol. The molecule has 4 nitrogen and oxygen atoms in total. The lowest BCUT2D eigenvalue weighted by atomic mass is 10.0. The van der Waals surface area contributed by atoms with Crippen LogP contribution < -0.4 is 0 Å². The van der Waals surface area contributed by atoms with Crippen LogP contribution in [-0.4, -0.2) is 18.5 Å². The summed E-state index contributed by atoms with van der Waals surface area (Å²) in [6, 6.07) is 0. The molecule has 0 aliphatic rings. The average Bonchev–Trinajstić information content (AvgIpc) is 2.92. The van der Waals surface area contributed by atoms with E-state index in [0.717, 1.165) is 19.3 Å². The van der Waals surface area contributed by atoms with Crippen LogP contribution >= 0.6 is 0 Å². The summed E-state index contributed by atoms with van der Waals surface area (Å²) in [6.07, 6.45) is 19.8. The molecule has 0 bridgehead atoms. The maximum atomic E-state index is 13.6. The maximum absolute atomic E-state index is 13.6. The van der Waals surface area contributed by atoms with Crippen LogP contribution in [0.15, 0.2) is 0 Å². The summed E-state index contributed by atoms with van der Waals surface area (Å²) >= 11 is 0. The van der Waals surface area contributed by atoms with Gasteiger partial charge in [-0.15, -0.1) is 0 Å². The highest BCUT2D eigenvalue weighted by Crippen LogP contribution is 2.24. The summed E-state index contributed by atoms with van der Waals surface area (Å²) in [5, 5.41) is 0. The maximum Gasteiger partial charge on any atom is 0.306 e. The van der Waals surface area contributed by atoms with Crippen molar-refractivity contribution in [3.05, 3.63) is 34.6 Å². The fourth-order valence-electron chi connectivity index (χ4n) is 4.29. The Bertz CT molecular complexity index is 818. The van der Waals surface area contributed by atoms with Gasteiger partial charge in [-0.25, -0.2) is 22.0 Å². The molecule has 1 rings (SSSR count). The molecule has 0 aromatic heterocycles. The summed E-state index contributed by atoms with van der Waals surface area (Å²) in [5.41, 5.74) is -1.22. The minimum Gasteiger partial charge on any atom is -0.466 e. The van der Waals surface area contributed by atoms with Gasteiger partial charge in [0.2, 0.25) is 5.82 Å². The molecule has 0 radical (unpaired) electrons. The van der Waals surface area contributed by atoms with E-state index < -0.39 is 53.2 Å². The third kappa shape index (κ3) is 15.2. The number of carbonyl (C=O) groups excluding carboxylic acids is 2. The van der Waals surface area contributed by atoms with Gasteiger partial charge in [0.1, 0.15) is 6.61 Å². The monoisotopic (exact) mass is 564 g/mol. The van der Waals surface area contributed by atoms with Crippen molar-refractivity contribution >= 4 is 11.9 Å². The Morgan fingerprint density at radius 2 is 0.846 bits per heavy atom. The van der Waals surface area contributed by atoms with Crippen molar-refractivity contribution in [2.75, 3.05) is 6.61 Å². The predicted octanol–water partition coefficient (Wildman–Crippen LogP) is 9.40. The van der Waals surface area contributed by atoms with Crippen LogP contribution in [0.2, 0.25) is 0 Å². The van der Waals surface area contributed by atoms with Crippen LogP contribution in [-0.2, 0) is 25.7 Å². The molecule has 0 saturated carbocycles. The van der Waals surface area contributed by atoms with Crippen molar-refractivity contribution in [3.8, 4) is 0 Å². The van der Waals surface area contributed by atoms with Gasteiger partial charge in [-0.2, -0.15) is 0 Å². The lowest BCUT2D eigenvalue weighted by Crippen LogP contribution is -2.12. The number of hydrogen-bond donors (Lipinski definition) is 0. The Morgan fingerprint density at radius 1 is 0.487 bits per heavy atom. The second-order valence-electron chi connectivity index (χ2n) is 10.1. The van der Waals surface area contributed by atoms with Crippen molar-refractivity contribution in [1.29, 1.82) is 0 Å². The van der Waals surface area contributed by atoms with E-state index in [-0.39, 0.29) is 19.3 Å². The number of ether oxygens (including phenoxy) is 2. The zero-order valence-corrected chi connectivity index (χ0v) is 23.4. The number of benzene rings is 1. The number of esters is 2. The Labute approximate surface area is 230 Å². The third-order valence-corrected chi connectivity index (χ3v) is 6.70. The minimum absolute atomic E-state index is 0.0452. The first-order valence-electron chi connectivity index (χ1n) is 14.6. The van der Waals surface area contributed by atoms with E-state index in [1.165, 1.54) is 83.5 Å². The predicted molar refractivity (Wildman–Crippen MR) is 140 cm³/mol. The van der Waals surface area contributed by atoms with E-state index in [2.05, 4.69) is 11.7 Å². The number of hydrogen-bond acceptors (Lipinski definition) is 4. The molecule has 0 atom stereocenters. The Kier molecular flexibility index (Phi) is 19.3. The van der Waals surface area contributed by atoms with Crippen LogP contribution in [0.25, 0.3) is 0 Å². The van der Waals surface area contributed by atoms with Gasteiger partial charge in [0.05, 0.1) is 12.2 Å². The molecule has 9 heteroatoms. The van der Waals surface area contributed by atoms with Crippen molar-refractivity contribution in [3.63, 3.8) is 0 Å². The highest BCUT2D eigenvalue weighted by atomic mass is 19.2. The Balaban J connectivity index is 1.95. The summed E-state index contributed by atoms with van der Waals surface area (Å²) < 4.78 is 76.3. The molecule has 39 heavy (non-hydrogen) atoms. The van der Waals surface area contributed by atoms with E-state index in [1.807, 2.05) is 0 Å². The first-order chi connectivity index (χ1) is 18.8. The number of carbonyl (C=O) groups is 2. The van der Waals surface area contributed by atoms with Crippen LogP contribution in [0.3, 0.4) is 0 Å². The molecule has 0 N–H and O–H groups in total. The fraction of sp³-hybridized carbons (Fsp3) is 0.733. The summed E-state index contributed by atoms with van der Waals surface area (Å²) in [6.45, 7) is 1.45. The molecule has 224 valence electrons. The Morgan fingerprint density at radius 3 is 1.28 bits per heavy atom. The van der Waals surface area contributed by atoms with Crippen LogP contribution in [0.4, 0.5) is 22.0 Å². The van der Waals surface area contributed by atoms with Gasteiger partial charge < -0.3 is 9.47 Å². The quantitative estimate of drug-likeness (QED) is 0.0437. The number of halogens is 5. The van der Waals surface area contributed by atoms with E-state index >= 15 is 0 Å². The van der Waals surface area contributed by atoms with E-state index in [1.54, 1.807) is 0 Å². The second-order valence-corrected chi connectivity index (χ2v) is 10.1. The summed E-state index contributed by atoms with van der Waals surface area (Å²) in [5.74, 6) is -12.0. The largest absolute Gasteiger partial charge is 0.466 e. The van der Waals surface area contributed by atoms with E-state index in [9.17, 15) is 31.5 Å². The molecule has 0 amide bonds. The highest BCUT2D eigenvalue weighted by molar-refractivity contribution is 5.72. The van der Waals surface area contributed by atoms with Crippen molar-refractivity contribution in [2.24, 2.45) is 0 Å². The third-order valence-electron chi connectivity index (χ3n) is 6.70. The van der Waals surface area contributed by atoms with Gasteiger partial charge in [0, 0.05) is 12.8 Å². The topological polar surface area (TPSA) is 52.6 Å². The molecule has 0 aliphatic heterocycles. The molecule has 1 aromatic carbocycles. The van der Waals surface area contributed by atoms with Crippen molar-refractivity contribution in [2.45, 2.75) is 136 Å². The normalized spacial score (nSPS) is 11.1. The lowest BCUT2D eigenvalue weighted by Gasteiger charge is -2.09. The first-order valence-corrected chi connectivity index (χ1v) is 14.6. The standard InChI is InChI=1S/C30H45F5O4/c1-2-3-4-5-6-7-8-9-10-11-12-13-14-15-16-17-21-38-24(36)19-18-20-25(37)39-22-23-26(31)28(33)30(35)29(34)27(23)32/h2-22H2,1H3. The molecule has 0 unspecified atom stereocenters. The van der Waals surface area contributed by atoms with Gasteiger partial charge >= 0.3 is 11.9 Å². The van der Waals surface area contributed by atoms with E-state index in [0.29, 0.717) is 6.61 Å². The van der Waals surface area contributed by atoms with Crippen LogP contribution in [0.1, 0.15) is 134 Å². The lowest BCUT2D eigenvalue weighted by molar-refractivity contribution is -0.146. The summed E-state index contributed by atoms with van der Waals surface area (Å²) in [7, 11) is 0. The van der Waals surface area contributed by atoms with E-state index in [4.69, 9.17) is 4.74 Å². The molecule has 0 aliphatic carbocycles. The van der Waals surface area contributed by atoms with Gasteiger partial charge in [-0.1, -0.05) is 103 Å². The van der Waals surface area contributed by atoms with Gasteiger partial charge in [-0.3, -0.25) is 9.59 Å². The molecule has 0 spiro atoms. The van der Waals surface area contributed by atoms with Crippen molar-refractivity contribution in [1.82, 2.24) is 0 Å². The zero-order chi connectivity index (χ0) is 28.9. The molecule has 0 fully saturated rings. The SMILES string of the molecule is CCCCCCCCCCCCCCCCCCOC(=O)CCCC(=O)OCc1c(F)c(F)c(F)c(F)c1F. The van der Waals surface area contributed by atoms with Crippen LogP contribution in [0, 0.1) is 29.1 Å².